The first-order chi connectivity index (χ1) is 14.1. The average molecular weight is 537 g/mol. The lowest BCUT2D eigenvalue weighted by Crippen LogP contribution is -1.96. The maximum Gasteiger partial charge on any atom is 0.542 e. The quantitative estimate of drug-likeness (QED) is 0.223. The summed E-state index contributed by atoms with van der Waals surface area (Å²) in [5, 5.41) is 9.80. The van der Waals surface area contributed by atoms with Crippen LogP contribution in [0.1, 0.15) is 17.0 Å². The number of hydrogen-bond donors (Lipinski definition) is 2. The summed E-state index contributed by atoms with van der Waals surface area (Å²) in [4.78, 5) is 8.53. The molecule has 0 radical (unpaired) electrons. The molecule has 2 N–H and O–H groups in total. The Morgan fingerprint density at radius 3 is 2.07 bits per heavy atom. The Labute approximate surface area is 194 Å². The van der Waals surface area contributed by atoms with Crippen molar-refractivity contribution in [3.63, 3.8) is 0 Å². The van der Waals surface area contributed by atoms with Crippen molar-refractivity contribution in [1.29, 1.82) is 0 Å². The molecule has 0 aliphatic heterocycles. The first-order valence-corrected chi connectivity index (χ1v) is 12.1. The van der Waals surface area contributed by atoms with E-state index < -0.39 is 21.7 Å². The molecule has 164 valence electrons. The van der Waals surface area contributed by atoms with Gasteiger partial charge in [-0.3, -0.25) is 9.05 Å². The monoisotopic (exact) mass is 535 g/mol. The summed E-state index contributed by atoms with van der Waals surface area (Å²) < 4.78 is 36.7. The summed E-state index contributed by atoms with van der Waals surface area (Å²) in [6, 6.07) is 11.2. The Morgan fingerprint density at radius 2 is 1.60 bits per heavy atom. The lowest BCUT2D eigenvalue weighted by atomic mass is 10.2. The van der Waals surface area contributed by atoms with Gasteiger partial charge in [0.15, 0.2) is 5.76 Å². The predicted octanol–water partition coefficient (Wildman–Crippen LogP) is 7.01. The molecule has 0 aromatic heterocycles. The molecule has 0 saturated carbocycles. The molecule has 2 aromatic carbocycles. The lowest BCUT2D eigenvalue weighted by molar-refractivity contribution is 0.201. The Hall–Kier alpha value is -0.690. The van der Waals surface area contributed by atoms with Crippen LogP contribution in [0.3, 0.4) is 0 Å². The number of halogens is 4. The molecule has 30 heavy (non-hydrogen) atoms. The Balaban J connectivity index is 0.000000346. The van der Waals surface area contributed by atoms with Gasteiger partial charge in [-0.15, -0.1) is 0 Å². The first kappa shape index (κ1) is 27.3. The highest BCUT2D eigenvalue weighted by Gasteiger charge is 2.28. The van der Waals surface area contributed by atoms with Crippen molar-refractivity contribution < 1.29 is 32.7 Å². The molecule has 13 heteroatoms. The topological polar surface area (TPSA) is 102 Å². The second kappa shape index (κ2) is 13.0. The zero-order valence-electron chi connectivity index (χ0n) is 15.5. The molecule has 0 aliphatic carbocycles. The number of aliphatic hydroxyl groups is 1. The van der Waals surface area contributed by atoms with Crippen LogP contribution in [0.25, 0.3) is 5.76 Å². The van der Waals surface area contributed by atoms with Crippen molar-refractivity contribution in [2.24, 2.45) is 0 Å². The van der Waals surface area contributed by atoms with Crippen LogP contribution in [0.5, 0.6) is 0 Å². The standard InChI is InChI=1S/C10H9Cl4O4P.C7H7O3P/c1-16-19(15,17-2)18-10(5-11)6-3-8(13)9(14)4-7(6)12;8-7(11(9)10)6-4-2-1-3-5-6/h3-5H,1-2H3;1-5,7-8H/p+1/b10-5-;. The van der Waals surface area contributed by atoms with Gasteiger partial charge in [-0.05, 0) is 16.7 Å². The predicted molar refractivity (Wildman–Crippen MR) is 119 cm³/mol. The molecule has 0 spiro atoms. The van der Waals surface area contributed by atoms with Gasteiger partial charge in [0, 0.05) is 30.9 Å². The fourth-order valence-corrected chi connectivity index (χ4v) is 3.84. The molecule has 0 aliphatic rings. The number of rotatable bonds is 7. The molecule has 0 heterocycles. The van der Waals surface area contributed by atoms with Crippen LogP contribution in [-0.2, 0) is 22.7 Å². The highest BCUT2D eigenvalue weighted by molar-refractivity contribution is 7.48. The van der Waals surface area contributed by atoms with Crippen LogP contribution in [0.15, 0.2) is 48.0 Å². The van der Waals surface area contributed by atoms with Crippen LogP contribution in [-0.4, -0.2) is 24.2 Å². The molecule has 0 fully saturated rings. The van der Waals surface area contributed by atoms with E-state index in [1.165, 1.54) is 26.4 Å². The van der Waals surface area contributed by atoms with Gasteiger partial charge in [-0.2, -0.15) is 4.89 Å². The summed E-state index contributed by atoms with van der Waals surface area (Å²) >= 11 is 23.3. The van der Waals surface area contributed by atoms with Gasteiger partial charge in [0.1, 0.15) is 0 Å². The van der Waals surface area contributed by atoms with Crippen LogP contribution in [0.2, 0.25) is 15.1 Å². The van der Waals surface area contributed by atoms with Crippen LogP contribution >= 0.6 is 62.3 Å². The van der Waals surface area contributed by atoms with E-state index in [9.17, 15) is 9.13 Å². The summed E-state index contributed by atoms with van der Waals surface area (Å²) in [6.45, 7) is 0. The SMILES string of the molecule is COP(=O)(OC)O/C(=C\Cl)c1cc(Cl)c(Cl)cc1Cl.O=[P+](O)C(O)c1ccccc1. The fourth-order valence-electron chi connectivity index (χ4n) is 1.86. The zero-order valence-corrected chi connectivity index (χ0v) is 20.4. The molecule has 2 atom stereocenters. The second-order valence-corrected chi connectivity index (χ2v) is 9.55. The van der Waals surface area contributed by atoms with Crippen molar-refractivity contribution in [1.82, 2.24) is 0 Å². The number of benzene rings is 2. The highest BCUT2D eigenvalue weighted by Crippen LogP contribution is 2.52. The minimum atomic E-state index is -3.75. The van der Waals surface area contributed by atoms with Gasteiger partial charge < -0.3 is 9.63 Å². The van der Waals surface area contributed by atoms with E-state index in [4.69, 9.17) is 60.9 Å². The molecule has 2 unspecified atom stereocenters. The molecule has 0 saturated heterocycles. The van der Waals surface area contributed by atoms with Crippen LogP contribution < -0.4 is 0 Å². The Morgan fingerprint density at radius 1 is 1.07 bits per heavy atom. The number of hydrogen-bond acceptors (Lipinski definition) is 6. The lowest BCUT2D eigenvalue weighted by Gasteiger charge is -2.17. The van der Waals surface area contributed by atoms with Crippen molar-refractivity contribution in [2.75, 3.05) is 14.2 Å². The van der Waals surface area contributed by atoms with Gasteiger partial charge in [0.05, 0.1) is 15.1 Å². The van der Waals surface area contributed by atoms with Gasteiger partial charge in [-0.25, -0.2) is 4.57 Å². The van der Waals surface area contributed by atoms with Crippen molar-refractivity contribution in [3.05, 3.63) is 74.2 Å². The van der Waals surface area contributed by atoms with Gasteiger partial charge in [-0.1, -0.05) is 76.7 Å². The van der Waals surface area contributed by atoms with E-state index >= 15 is 0 Å². The van der Waals surface area contributed by atoms with E-state index in [0.29, 0.717) is 11.1 Å². The summed E-state index contributed by atoms with van der Waals surface area (Å²) in [5.74, 6) is -1.27. The molecule has 2 rings (SSSR count). The smallest absolute Gasteiger partial charge is 0.402 e. The largest absolute Gasteiger partial charge is 0.542 e. The third kappa shape index (κ3) is 8.10. The third-order valence-electron chi connectivity index (χ3n) is 3.34. The van der Waals surface area contributed by atoms with Crippen LogP contribution in [0.4, 0.5) is 0 Å². The normalized spacial score (nSPS) is 13.2. The van der Waals surface area contributed by atoms with Crippen molar-refractivity contribution in [2.45, 2.75) is 5.85 Å². The van der Waals surface area contributed by atoms with Crippen molar-refractivity contribution in [3.8, 4) is 0 Å². The first-order valence-electron chi connectivity index (χ1n) is 7.83. The van der Waals surface area contributed by atoms with Crippen molar-refractivity contribution >= 4 is 68.0 Å². The average Bonchev–Trinajstić information content (AvgIpc) is 2.75. The summed E-state index contributed by atoms with van der Waals surface area (Å²) in [5.41, 5.74) is 1.81. The molecular weight excluding hydrogens is 520 g/mol. The van der Waals surface area contributed by atoms with Gasteiger partial charge >= 0.3 is 21.7 Å². The minimum Gasteiger partial charge on any atom is -0.402 e. The number of phosphoric acid groups is 1. The van der Waals surface area contributed by atoms with E-state index in [1.807, 2.05) is 0 Å². The van der Waals surface area contributed by atoms with E-state index in [2.05, 4.69) is 9.05 Å². The van der Waals surface area contributed by atoms with Gasteiger partial charge in [0.25, 0.3) is 0 Å². The molecule has 0 bridgehead atoms. The summed E-state index contributed by atoms with van der Waals surface area (Å²) in [7, 11) is -3.94. The summed E-state index contributed by atoms with van der Waals surface area (Å²) in [6.07, 6.45) is 0. The zero-order chi connectivity index (χ0) is 22.9. The van der Waals surface area contributed by atoms with E-state index in [-0.39, 0.29) is 20.8 Å². The second-order valence-electron chi connectivity index (χ2n) is 5.21. The minimum absolute atomic E-state index is 0.0164. The highest BCUT2D eigenvalue weighted by atomic mass is 35.5. The van der Waals surface area contributed by atoms with E-state index in [1.54, 1.807) is 30.3 Å². The third-order valence-corrected chi connectivity index (χ3v) is 6.60. The maximum atomic E-state index is 11.9. The number of phosphoric ester groups is 1. The molecule has 0 amide bonds. The molecule has 7 nitrogen and oxygen atoms in total. The maximum absolute atomic E-state index is 11.9. The van der Waals surface area contributed by atoms with Gasteiger partial charge in [0.2, 0.25) is 0 Å². The Kier molecular flexibility index (Phi) is 11.8. The Bertz CT molecular complexity index is 933. The van der Waals surface area contributed by atoms with E-state index in [0.717, 1.165) is 5.54 Å². The molecular formula is C17H17Cl4O7P2+. The van der Waals surface area contributed by atoms with Crippen LogP contribution in [0, 0.1) is 0 Å². The number of aliphatic hydroxyl groups excluding tert-OH is 1. The fraction of sp³-hybridized carbons (Fsp3) is 0.176. The molecule has 2 aromatic rings.